The Labute approximate surface area is 200 Å². The van der Waals surface area contributed by atoms with Crippen LogP contribution in [0, 0.1) is 31.0 Å². The van der Waals surface area contributed by atoms with Crippen molar-refractivity contribution < 1.29 is 23.4 Å². The lowest BCUT2D eigenvalue weighted by Gasteiger charge is -2.27. The molecule has 1 heterocycles. The van der Waals surface area contributed by atoms with Gasteiger partial charge in [-0.15, -0.1) is 0 Å². The van der Waals surface area contributed by atoms with Crippen LogP contribution in [-0.2, 0) is 4.79 Å². The SMILES string of the molecule is Cc1cc(C)cc(OCC(=O)Oc2ccc3c(c2)OC(N)=C(C#N)C3c2c(F)cccc2Cl)c1. The third-order valence-corrected chi connectivity index (χ3v) is 5.59. The minimum atomic E-state index is -0.875. The van der Waals surface area contributed by atoms with Crippen molar-refractivity contribution in [2.24, 2.45) is 5.73 Å². The zero-order valence-corrected chi connectivity index (χ0v) is 19.2. The molecule has 172 valence electrons. The minimum absolute atomic E-state index is 0.0334. The summed E-state index contributed by atoms with van der Waals surface area (Å²) in [7, 11) is 0. The fourth-order valence-corrected chi connectivity index (χ4v) is 4.17. The first-order chi connectivity index (χ1) is 16.3. The predicted octanol–water partition coefficient (Wildman–Crippen LogP) is 5.30. The molecule has 1 unspecified atom stereocenters. The van der Waals surface area contributed by atoms with Crippen LogP contribution in [0.15, 0.2) is 66.1 Å². The van der Waals surface area contributed by atoms with E-state index in [4.69, 9.17) is 31.5 Å². The van der Waals surface area contributed by atoms with Crippen LogP contribution >= 0.6 is 11.6 Å². The Bertz CT molecular complexity index is 1320. The van der Waals surface area contributed by atoms with Crippen LogP contribution in [0.3, 0.4) is 0 Å². The molecule has 0 saturated carbocycles. The van der Waals surface area contributed by atoms with Gasteiger partial charge in [-0.05, 0) is 55.3 Å². The van der Waals surface area contributed by atoms with Gasteiger partial charge in [0.1, 0.15) is 34.7 Å². The van der Waals surface area contributed by atoms with Gasteiger partial charge in [-0.25, -0.2) is 9.18 Å². The number of hydrogen-bond acceptors (Lipinski definition) is 6. The molecule has 1 atom stereocenters. The van der Waals surface area contributed by atoms with Crippen molar-refractivity contribution in [3.63, 3.8) is 0 Å². The highest BCUT2D eigenvalue weighted by molar-refractivity contribution is 6.31. The molecule has 1 aliphatic rings. The summed E-state index contributed by atoms with van der Waals surface area (Å²) < 4.78 is 31.2. The number of nitrogens with zero attached hydrogens (tertiary/aromatic N) is 1. The van der Waals surface area contributed by atoms with Crippen LogP contribution in [0.5, 0.6) is 17.2 Å². The molecule has 4 rings (SSSR count). The smallest absolute Gasteiger partial charge is 0.349 e. The first-order valence-corrected chi connectivity index (χ1v) is 10.7. The van der Waals surface area contributed by atoms with Crippen molar-refractivity contribution >= 4 is 17.6 Å². The molecular weight excluding hydrogens is 459 g/mol. The Morgan fingerprint density at radius 2 is 1.88 bits per heavy atom. The van der Waals surface area contributed by atoms with Gasteiger partial charge in [-0.2, -0.15) is 5.26 Å². The van der Waals surface area contributed by atoms with Gasteiger partial charge in [0, 0.05) is 22.2 Å². The summed E-state index contributed by atoms with van der Waals surface area (Å²) in [5.74, 6) is -1.29. The molecule has 34 heavy (non-hydrogen) atoms. The Morgan fingerprint density at radius 3 is 2.56 bits per heavy atom. The summed E-state index contributed by atoms with van der Waals surface area (Å²) in [6.45, 7) is 3.57. The Balaban J connectivity index is 1.58. The lowest BCUT2D eigenvalue weighted by Crippen LogP contribution is -2.22. The second kappa shape index (κ2) is 9.46. The zero-order chi connectivity index (χ0) is 24.4. The van der Waals surface area contributed by atoms with Crippen molar-refractivity contribution in [3.05, 3.63) is 99.1 Å². The molecule has 6 nitrogen and oxygen atoms in total. The standard InChI is InChI=1S/C26H20ClFN2O4/c1-14-8-15(2)10-17(9-14)32-13-23(31)33-16-6-7-18-22(11-16)34-26(30)19(12-29)24(18)25-20(27)4-3-5-21(25)28/h3-11,24H,13,30H2,1-2H3. The molecule has 0 radical (unpaired) electrons. The van der Waals surface area contributed by atoms with E-state index in [1.54, 1.807) is 6.07 Å². The monoisotopic (exact) mass is 478 g/mol. The number of ether oxygens (including phenoxy) is 3. The maximum atomic E-state index is 14.7. The number of carbonyl (C=O) groups excluding carboxylic acids is 1. The van der Waals surface area contributed by atoms with Gasteiger partial charge < -0.3 is 19.9 Å². The highest BCUT2D eigenvalue weighted by Gasteiger charge is 2.34. The topological polar surface area (TPSA) is 94.6 Å². The number of benzene rings is 3. The van der Waals surface area contributed by atoms with E-state index < -0.39 is 17.7 Å². The number of rotatable bonds is 5. The lowest BCUT2D eigenvalue weighted by molar-refractivity contribution is -0.136. The van der Waals surface area contributed by atoms with E-state index in [1.807, 2.05) is 38.1 Å². The molecular formula is C26H20ClFN2O4. The van der Waals surface area contributed by atoms with E-state index >= 15 is 0 Å². The number of allylic oxidation sites excluding steroid dienone is 1. The van der Waals surface area contributed by atoms with E-state index in [0.717, 1.165) is 11.1 Å². The number of nitrogens with two attached hydrogens (primary N) is 1. The van der Waals surface area contributed by atoms with Gasteiger partial charge in [0.05, 0.1) is 5.92 Å². The summed E-state index contributed by atoms with van der Waals surface area (Å²) in [5, 5.41) is 9.80. The molecule has 0 aliphatic carbocycles. The van der Waals surface area contributed by atoms with Crippen LogP contribution in [0.2, 0.25) is 5.02 Å². The van der Waals surface area contributed by atoms with E-state index in [9.17, 15) is 14.4 Å². The Kier molecular flexibility index (Phi) is 6.44. The van der Waals surface area contributed by atoms with Crippen LogP contribution < -0.4 is 19.9 Å². The lowest BCUT2D eigenvalue weighted by atomic mass is 9.83. The average molecular weight is 479 g/mol. The number of esters is 1. The average Bonchev–Trinajstić information content (AvgIpc) is 2.76. The summed E-state index contributed by atoms with van der Waals surface area (Å²) in [4.78, 5) is 12.3. The highest BCUT2D eigenvalue weighted by Crippen LogP contribution is 2.46. The fraction of sp³-hybridized carbons (Fsp3) is 0.154. The largest absolute Gasteiger partial charge is 0.482 e. The zero-order valence-electron chi connectivity index (χ0n) is 18.4. The van der Waals surface area contributed by atoms with Gasteiger partial charge in [0.2, 0.25) is 5.88 Å². The van der Waals surface area contributed by atoms with Gasteiger partial charge >= 0.3 is 5.97 Å². The van der Waals surface area contributed by atoms with Gasteiger partial charge in [-0.1, -0.05) is 29.8 Å². The summed E-state index contributed by atoms with van der Waals surface area (Å²) >= 11 is 6.27. The second-order valence-corrected chi connectivity index (χ2v) is 8.25. The molecule has 3 aromatic carbocycles. The molecule has 1 aliphatic heterocycles. The fourth-order valence-electron chi connectivity index (χ4n) is 3.90. The van der Waals surface area contributed by atoms with Crippen LogP contribution in [0.25, 0.3) is 0 Å². The normalized spacial score (nSPS) is 14.6. The quantitative estimate of drug-likeness (QED) is 0.395. The van der Waals surface area contributed by atoms with Crippen LogP contribution in [0.4, 0.5) is 4.39 Å². The molecule has 8 heteroatoms. The van der Waals surface area contributed by atoms with E-state index in [-0.39, 0.29) is 40.1 Å². The first-order valence-electron chi connectivity index (χ1n) is 10.3. The van der Waals surface area contributed by atoms with Crippen molar-refractivity contribution in [2.45, 2.75) is 19.8 Å². The van der Waals surface area contributed by atoms with Gasteiger partial charge in [0.15, 0.2) is 6.61 Å². The molecule has 0 fully saturated rings. The van der Waals surface area contributed by atoms with E-state index in [2.05, 4.69) is 0 Å². The van der Waals surface area contributed by atoms with Crippen molar-refractivity contribution in [2.75, 3.05) is 6.61 Å². The molecule has 0 amide bonds. The van der Waals surface area contributed by atoms with Crippen molar-refractivity contribution in [1.29, 1.82) is 5.26 Å². The Hall–Kier alpha value is -4.02. The first kappa shape index (κ1) is 23.1. The maximum absolute atomic E-state index is 14.7. The molecule has 2 N–H and O–H groups in total. The molecule has 0 saturated heterocycles. The number of halogens is 2. The number of hydrogen-bond donors (Lipinski definition) is 1. The molecule has 3 aromatic rings. The number of carbonyl (C=O) groups is 1. The predicted molar refractivity (Wildman–Crippen MR) is 124 cm³/mol. The number of nitriles is 1. The third kappa shape index (κ3) is 4.68. The number of aryl methyl sites for hydroxylation is 2. The highest BCUT2D eigenvalue weighted by atomic mass is 35.5. The van der Waals surface area contributed by atoms with E-state index in [1.165, 1.54) is 30.3 Å². The molecule has 0 bridgehead atoms. The summed E-state index contributed by atoms with van der Waals surface area (Å²) in [6.07, 6.45) is 0. The van der Waals surface area contributed by atoms with Crippen LogP contribution in [0.1, 0.15) is 28.2 Å². The third-order valence-electron chi connectivity index (χ3n) is 5.26. The summed E-state index contributed by atoms with van der Waals surface area (Å²) in [5.41, 5.74) is 8.60. The molecule has 0 spiro atoms. The van der Waals surface area contributed by atoms with Gasteiger partial charge in [0.25, 0.3) is 0 Å². The van der Waals surface area contributed by atoms with Crippen molar-refractivity contribution in [1.82, 2.24) is 0 Å². The molecule has 0 aromatic heterocycles. The second-order valence-electron chi connectivity index (χ2n) is 7.85. The number of fused-ring (bicyclic) bond motifs is 1. The minimum Gasteiger partial charge on any atom is -0.482 e. The van der Waals surface area contributed by atoms with E-state index in [0.29, 0.717) is 11.3 Å². The maximum Gasteiger partial charge on any atom is 0.349 e. The van der Waals surface area contributed by atoms with Gasteiger partial charge in [-0.3, -0.25) is 0 Å². The van der Waals surface area contributed by atoms with Crippen molar-refractivity contribution in [3.8, 4) is 23.3 Å². The Morgan fingerprint density at radius 1 is 1.15 bits per heavy atom. The summed E-state index contributed by atoms with van der Waals surface area (Å²) in [6, 6.07) is 16.5. The van der Waals surface area contributed by atoms with Crippen LogP contribution in [-0.4, -0.2) is 12.6 Å².